The molecule has 116 valence electrons. The van der Waals surface area contributed by atoms with Crippen molar-refractivity contribution in [2.24, 2.45) is 0 Å². The van der Waals surface area contributed by atoms with Crippen molar-refractivity contribution in [3.8, 4) is 0 Å². The maximum atomic E-state index is 13.5. The van der Waals surface area contributed by atoms with Crippen LogP contribution in [0.5, 0.6) is 0 Å². The fourth-order valence-corrected chi connectivity index (χ4v) is 1.96. The molecule has 0 aliphatic heterocycles. The normalized spacial score (nSPS) is 10.3. The highest BCUT2D eigenvalue weighted by Gasteiger charge is 2.03. The summed E-state index contributed by atoms with van der Waals surface area (Å²) < 4.78 is 13.5. The Morgan fingerprint density at radius 2 is 2.05 bits per heavy atom. The third-order valence-corrected chi connectivity index (χ3v) is 3.22. The molecule has 0 unspecified atom stereocenters. The van der Waals surface area contributed by atoms with Crippen molar-refractivity contribution < 1.29 is 9.18 Å². The Morgan fingerprint density at radius 3 is 2.73 bits per heavy atom. The molecule has 0 bridgehead atoms. The standard InChI is InChI=1S/C17H20FN3O/c1-2-3-8-17(22)21-14-9-10-16(20-12-14)19-11-13-6-4-5-7-15(13)18/h4-7,9-10,12H,2-3,8,11H2,1H3,(H,19,20)(H,21,22). The third kappa shape index (κ3) is 4.84. The number of rotatable bonds is 7. The average Bonchev–Trinajstić information content (AvgIpc) is 2.53. The molecular weight excluding hydrogens is 281 g/mol. The number of unbranched alkanes of at least 4 members (excludes halogenated alkanes) is 1. The second-order valence-electron chi connectivity index (χ2n) is 5.03. The molecule has 1 heterocycles. The van der Waals surface area contributed by atoms with E-state index in [2.05, 4.69) is 15.6 Å². The summed E-state index contributed by atoms with van der Waals surface area (Å²) in [6.45, 7) is 2.41. The lowest BCUT2D eigenvalue weighted by atomic mass is 10.2. The second-order valence-corrected chi connectivity index (χ2v) is 5.03. The molecule has 2 N–H and O–H groups in total. The molecule has 0 aliphatic rings. The van der Waals surface area contributed by atoms with Gasteiger partial charge in [-0.1, -0.05) is 31.5 Å². The summed E-state index contributed by atoms with van der Waals surface area (Å²) in [5.74, 6) is 0.389. The number of nitrogens with one attached hydrogen (secondary N) is 2. The summed E-state index contributed by atoms with van der Waals surface area (Å²) in [5.41, 5.74) is 1.25. The van der Waals surface area contributed by atoms with Crippen LogP contribution in [0.2, 0.25) is 0 Å². The van der Waals surface area contributed by atoms with Crippen LogP contribution in [-0.4, -0.2) is 10.9 Å². The molecule has 2 rings (SSSR count). The van der Waals surface area contributed by atoms with Gasteiger partial charge in [0.05, 0.1) is 11.9 Å². The van der Waals surface area contributed by atoms with Crippen LogP contribution >= 0.6 is 0 Å². The van der Waals surface area contributed by atoms with Crippen LogP contribution in [0.1, 0.15) is 31.7 Å². The Morgan fingerprint density at radius 1 is 1.23 bits per heavy atom. The molecule has 0 radical (unpaired) electrons. The first-order chi connectivity index (χ1) is 10.7. The Bertz CT molecular complexity index is 614. The highest BCUT2D eigenvalue weighted by atomic mass is 19.1. The third-order valence-electron chi connectivity index (χ3n) is 3.22. The van der Waals surface area contributed by atoms with Gasteiger partial charge in [0, 0.05) is 18.5 Å². The van der Waals surface area contributed by atoms with Crippen molar-refractivity contribution in [2.45, 2.75) is 32.7 Å². The highest BCUT2D eigenvalue weighted by Crippen LogP contribution is 2.13. The van der Waals surface area contributed by atoms with E-state index < -0.39 is 0 Å². The Labute approximate surface area is 129 Å². The van der Waals surface area contributed by atoms with Gasteiger partial charge in [-0.3, -0.25) is 4.79 Å². The van der Waals surface area contributed by atoms with E-state index in [0.717, 1.165) is 12.8 Å². The number of nitrogens with zero attached hydrogens (tertiary/aromatic N) is 1. The predicted molar refractivity (Wildman–Crippen MR) is 86.1 cm³/mol. The number of pyridine rings is 1. The minimum atomic E-state index is -0.241. The van der Waals surface area contributed by atoms with E-state index in [1.54, 1.807) is 36.5 Å². The minimum absolute atomic E-state index is 0.00397. The van der Waals surface area contributed by atoms with Crippen LogP contribution in [0.25, 0.3) is 0 Å². The van der Waals surface area contributed by atoms with Crippen LogP contribution in [0.4, 0.5) is 15.9 Å². The molecule has 5 heteroatoms. The summed E-state index contributed by atoms with van der Waals surface area (Å²) >= 11 is 0. The maximum absolute atomic E-state index is 13.5. The molecule has 0 spiro atoms. The fourth-order valence-electron chi connectivity index (χ4n) is 1.96. The van der Waals surface area contributed by atoms with Gasteiger partial charge in [-0.2, -0.15) is 0 Å². The number of benzene rings is 1. The van der Waals surface area contributed by atoms with Gasteiger partial charge in [-0.25, -0.2) is 9.37 Å². The van der Waals surface area contributed by atoms with Crippen molar-refractivity contribution in [3.63, 3.8) is 0 Å². The van der Waals surface area contributed by atoms with Crippen molar-refractivity contribution in [3.05, 3.63) is 54.0 Å². The van der Waals surface area contributed by atoms with E-state index in [9.17, 15) is 9.18 Å². The molecular formula is C17H20FN3O. The molecule has 2 aromatic rings. The molecule has 0 aliphatic carbocycles. The van der Waals surface area contributed by atoms with Gasteiger partial charge >= 0.3 is 0 Å². The lowest BCUT2D eigenvalue weighted by Crippen LogP contribution is -2.11. The summed E-state index contributed by atoms with van der Waals surface area (Å²) in [6.07, 6.45) is 3.98. The van der Waals surface area contributed by atoms with Crippen molar-refractivity contribution in [1.29, 1.82) is 0 Å². The molecule has 22 heavy (non-hydrogen) atoms. The van der Waals surface area contributed by atoms with Gasteiger partial charge in [-0.05, 0) is 24.6 Å². The zero-order valence-electron chi connectivity index (χ0n) is 12.6. The lowest BCUT2D eigenvalue weighted by Gasteiger charge is -2.08. The Hall–Kier alpha value is -2.43. The summed E-state index contributed by atoms with van der Waals surface area (Å²) in [5, 5.41) is 5.85. The molecule has 4 nitrogen and oxygen atoms in total. The number of amides is 1. The van der Waals surface area contributed by atoms with E-state index in [4.69, 9.17) is 0 Å². The van der Waals surface area contributed by atoms with E-state index in [1.807, 2.05) is 6.92 Å². The van der Waals surface area contributed by atoms with Crippen molar-refractivity contribution in [1.82, 2.24) is 4.98 Å². The van der Waals surface area contributed by atoms with Gasteiger partial charge in [0.25, 0.3) is 0 Å². The topological polar surface area (TPSA) is 54.0 Å². The molecule has 0 saturated carbocycles. The number of anilines is 2. The number of hydrogen-bond donors (Lipinski definition) is 2. The number of halogens is 1. The average molecular weight is 301 g/mol. The zero-order chi connectivity index (χ0) is 15.8. The molecule has 0 atom stereocenters. The highest BCUT2D eigenvalue weighted by molar-refractivity contribution is 5.90. The maximum Gasteiger partial charge on any atom is 0.224 e. The second kappa shape index (κ2) is 8.12. The van der Waals surface area contributed by atoms with Gasteiger partial charge in [0.2, 0.25) is 5.91 Å². The SMILES string of the molecule is CCCCC(=O)Nc1ccc(NCc2ccccc2F)nc1. The number of carbonyl (C=O) groups is 1. The summed E-state index contributed by atoms with van der Waals surface area (Å²) in [4.78, 5) is 15.8. The first-order valence-corrected chi connectivity index (χ1v) is 7.42. The van der Waals surface area contributed by atoms with Gasteiger partial charge in [-0.15, -0.1) is 0 Å². The van der Waals surface area contributed by atoms with Gasteiger partial charge in [0.1, 0.15) is 11.6 Å². The van der Waals surface area contributed by atoms with E-state index in [-0.39, 0.29) is 11.7 Å². The van der Waals surface area contributed by atoms with Crippen LogP contribution in [-0.2, 0) is 11.3 Å². The molecule has 1 aromatic carbocycles. The molecule has 0 fully saturated rings. The Kier molecular flexibility index (Phi) is 5.89. The van der Waals surface area contributed by atoms with E-state index >= 15 is 0 Å². The summed E-state index contributed by atoms with van der Waals surface area (Å²) in [7, 11) is 0. The fraction of sp³-hybridized carbons (Fsp3) is 0.294. The van der Waals surface area contributed by atoms with Gasteiger partial charge in [0.15, 0.2) is 0 Å². The Balaban J connectivity index is 1.87. The number of aromatic nitrogens is 1. The zero-order valence-corrected chi connectivity index (χ0v) is 12.6. The van der Waals surface area contributed by atoms with E-state index in [0.29, 0.717) is 30.0 Å². The van der Waals surface area contributed by atoms with Crippen molar-refractivity contribution >= 4 is 17.4 Å². The van der Waals surface area contributed by atoms with Crippen molar-refractivity contribution in [2.75, 3.05) is 10.6 Å². The monoisotopic (exact) mass is 301 g/mol. The van der Waals surface area contributed by atoms with E-state index in [1.165, 1.54) is 6.07 Å². The molecule has 1 amide bonds. The van der Waals surface area contributed by atoms with Crippen LogP contribution in [0.15, 0.2) is 42.6 Å². The first kappa shape index (κ1) is 15.9. The van der Waals surface area contributed by atoms with Gasteiger partial charge < -0.3 is 10.6 Å². The molecule has 0 saturated heterocycles. The largest absolute Gasteiger partial charge is 0.366 e. The minimum Gasteiger partial charge on any atom is -0.366 e. The quantitative estimate of drug-likeness (QED) is 0.814. The smallest absolute Gasteiger partial charge is 0.224 e. The first-order valence-electron chi connectivity index (χ1n) is 7.42. The number of hydrogen-bond acceptors (Lipinski definition) is 3. The molecule has 1 aromatic heterocycles. The van der Waals surface area contributed by atoms with Crippen LogP contribution in [0.3, 0.4) is 0 Å². The van der Waals surface area contributed by atoms with Crippen LogP contribution in [0, 0.1) is 5.82 Å². The summed E-state index contributed by atoms with van der Waals surface area (Å²) in [6, 6.07) is 10.1. The lowest BCUT2D eigenvalue weighted by molar-refractivity contribution is -0.116. The number of carbonyl (C=O) groups excluding carboxylic acids is 1. The predicted octanol–water partition coefficient (Wildman–Crippen LogP) is 3.96. The van der Waals surface area contributed by atoms with Crippen LogP contribution < -0.4 is 10.6 Å².